The highest BCUT2D eigenvalue weighted by atomic mass is 32.2. The van der Waals surface area contributed by atoms with Gasteiger partial charge in [-0.1, -0.05) is 42.5 Å². The molecule has 5 nitrogen and oxygen atoms in total. The van der Waals surface area contributed by atoms with E-state index in [9.17, 15) is 13.2 Å². The van der Waals surface area contributed by atoms with Crippen LogP contribution in [-0.2, 0) is 9.84 Å². The number of benzene rings is 2. The van der Waals surface area contributed by atoms with E-state index in [1.807, 2.05) is 18.2 Å². The van der Waals surface area contributed by atoms with E-state index in [0.717, 1.165) is 5.56 Å². The molecule has 6 heteroatoms. The summed E-state index contributed by atoms with van der Waals surface area (Å²) >= 11 is 0. The molecule has 2 N–H and O–H groups in total. The first-order valence-electron chi connectivity index (χ1n) is 9.23. The minimum Gasteiger partial charge on any atom is -0.338 e. The molecular weight excluding hydrogens is 360 g/mol. The van der Waals surface area contributed by atoms with E-state index in [1.165, 1.54) is 6.07 Å². The number of amides is 1. The number of nitrogens with two attached hydrogens (primary N) is 1. The second-order valence-electron chi connectivity index (χ2n) is 7.31. The molecule has 0 aliphatic carbocycles. The van der Waals surface area contributed by atoms with E-state index in [-0.39, 0.29) is 28.2 Å². The van der Waals surface area contributed by atoms with Gasteiger partial charge in [0, 0.05) is 19.0 Å². The molecule has 2 atom stereocenters. The van der Waals surface area contributed by atoms with Gasteiger partial charge in [-0.15, -0.1) is 0 Å². The molecule has 1 amide bonds. The number of hydrogen-bond acceptors (Lipinski definition) is 4. The lowest BCUT2D eigenvalue weighted by atomic mass is 9.89. The van der Waals surface area contributed by atoms with Crippen molar-refractivity contribution < 1.29 is 13.2 Å². The molecule has 0 bridgehead atoms. The standard InChI is InChI=1S/C21H26N2O3S/c1-15(2)27(25,26)20-11-7-6-10-18(20)21(24)23-13-17(12-22)19(14-23)16-8-4-3-5-9-16/h3-11,15,17,19H,12-14,22H2,1-2H3/t17-,19+/m1/s1. The van der Waals surface area contributed by atoms with E-state index < -0.39 is 15.1 Å². The molecule has 1 aliphatic heterocycles. The van der Waals surface area contributed by atoms with Crippen LogP contribution in [0.3, 0.4) is 0 Å². The van der Waals surface area contributed by atoms with Crippen LogP contribution in [0.1, 0.15) is 35.7 Å². The zero-order valence-electron chi connectivity index (χ0n) is 15.7. The number of nitrogens with zero attached hydrogens (tertiary/aromatic N) is 1. The van der Waals surface area contributed by atoms with E-state index in [1.54, 1.807) is 36.9 Å². The molecule has 0 unspecified atom stereocenters. The number of hydrogen-bond donors (Lipinski definition) is 1. The van der Waals surface area contributed by atoms with Crippen LogP contribution in [0, 0.1) is 5.92 Å². The average Bonchev–Trinajstić information content (AvgIpc) is 3.12. The van der Waals surface area contributed by atoms with Gasteiger partial charge in [0.1, 0.15) is 0 Å². The lowest BCUT2D eigenvalue weighted by molar-refractivity contribution is 0.0782. The summed E-state index contributed by atoms with van der Waals surface area (Å²) in [4.78, 5) is 15.0. The number of carbonyl (C=O) groups excluding carboxylic acids is 1. The fourth-order valence-electron chi connectivity index (χ4n) is 3.67. The summed E-state index contributed by atoms with van der Waals surface area (Å²) in [6.07, 6.45) is 0. The molecule has 1 heterocycles. The van der Waals surface area contributed by atoms with Gasteiger partial charge in [0.2, 0.25) is 0 Å². The zero-order chi connectivity index (χ0) is 19.6. The molecule has 27 heavy (non-hydrogen) atoms. The van der Waals surface area contributed by atoms with Crippen LogP contribution >= 0.6 is 0 Å². The molecule has 0 saturated carbocycles. The lowest BCUT2D eigenvalue weighted by Crippen LogP contribution is -2.31. The number of likely N-dealkylation sites (tertiary alicyclic amines) is 1. The van der Waals surface area contributed by atoms with Crippen molar-refractivity contribution in [1.82, 2.24) is 4.90 Å². The molecular formula is C21H26N2O3S. The summed E-state index contributed by atoms with van der Waals surface area (Å²) < 4.78 is 25.4. The third kappa shape index (κ3) is 3.77. The molecule has 0 aromatic heterocycles. The van der Waals surface area contributed by atoms with E-state index in [4.69, 9.17) is 5.73 Å². The van der Waals surface area contributed by atoms with Gasteiger partial charge in [0.15, 0.2) is 9.84 Å². The Morgan fingerprint density at radius 3 is 2.33 bits per heavy atom. The molecule has 2 aromatic rings. The van der Waals surface area contributed by atoms with Crippen molar-refractivity contribution in [3.8, 4) is 0 Å². The first-order chi connectivity index (χ1) is 12.9. The van der Waals surface area contributed by atoms with E-state index in [0.29, 0.717) is 19.6 Å². The Hall–Kier alpha value is -2.18. The van der Waals surface area contributed by atoms with Gasteiger partial charge >= 0.3 is 0 Å². The van der Waals surface area contributed by atoms with Crippen LogP contribution < -0.4 is 5.73 Å². The highest BCUT2D eigenvalue weighted by molar-refractivity contribution is 7.92. The predicted octanol–water partition coefficient (Wildman–Crippen LogP) is 2.68. The normalized spacial score (nSPS) is 20.2. The highest BCUT2D eigenvalue weighted by Crippen LogP contribution is 2.33. The smallest absolute Gasteiger partial charge is 0.255 e. The van der Waals surface area contributed by atoms with E-state index in [2.05, 4.69) is 12.1 Å². The van der Waals surface area contributed by atoms with Crippen molar-refractivity contribution in [2.45, 2.75) is 29.9 Å². The molecule has 1 saturated heterocycles. The van der Waals surface area contributed by atoms with Crippen LogP contribution in [0.5, 0.6) is 0 Å². The van der Waals surface area contributed by atoms with Crippen molar-refractivity contribution in [1.29, 1.82) is 0 Å². The summed E-state index contributed by atoms with van der Waals surface area (Å²) in [6, 6.07) is 16.5. The summed E-state index contributed by atoms with van der Waals surface area (Å²) in [7, 11) is -3.54. The SMILES string of the molecule is CC(C)S(=O)(=O)c1ccccc1C(=O)N1C[C@@H](CN)[C@H](c2ccccc2)C1. The third-order valence-corrected chi connectivity index (χ3v) is 7.51. The largest absolute Gasteiger partial charge is 0.338 e. The first-order valence-corrected chi connectivity index (χ1v) is 10.8. The number of rotatable bonds is 5. The van der Waals surface area contributed by atoms with Crippen molar-refractivity contribution >= 4 is 15.7 Å². The van der Waals surface area contributed by atoms with Gasteiger partial charge < -0.3 is 10.6 Å². The molecule has 144 valence electrons. The quantitative estimate of drug-likeness (QED) is 0.857. The van der Waals surface area contributed by atoms with Crippen LogP contribution in [0.2, 0.25) is 0 Å². The fraction of sp³-hybridized carbons (Fsp3) is 0.381. The van der Waals surface area contributed by atoms with Gasteiger partial charge in [0.05, 0.1) is 15.7 Å². The molecule has 0 spiro atoms. The summed E-state index contributed by atoms with van der Waals surface area (Å²) in [5.74, 6) is 0.0749. The van der Waals surface area contributed by atoms with Gasteiger partial charge in [-0.25, -0.2) is 8.42 Å². The summed E-state index contributed by atoms with van der Waals surface area (Å²) in [5, 5.41) is -0.584. The molecule has 1 aliphatic rings. The van der Waals surface area contributed by atoms with Gasteiger partial charge in [0.25, 0.3) is 5.91 Å². The van der Waals surface area contributed by atoms with Crippen LogP contribution in [0.25, 0.3) is 0 Å². The maximum absolute atomic E-state index is 13.2. The predicted molar refractivity (Wildman–Crippen MR) is 106 cm³/mol. The van der Waals surface area contributed by atoms with E-state index >= 15 is 0 Å². The van der Waals surface area contributed by atoms with Crippen LogP contribution in [-0.4, -0.2) is 44.1 Å². The van der Waals surface area contributed by atoms with Crippen molar-refractivity contribution in [3.63, 3.8) is 0 Å². The van der Waals surface area contributed by atoms with Gasteiger partial charge in [-0.05, 0) is 44.0 Å². The van der Waals surface area contributed by atoms with Crippen LogP contribution in [0.4, 0.5) is 0 Å². The van der Waals surface area contributed by atoms with Crippen LogP contribution in [0.15, 0.2) is 59.5 Å². The Morgan fingerprint density at radius 1 is 1.07 bits per heavy atom. The second-order valence-corrected chi connectivity index (χ2v) is 9.79. The Balaban J connectivity index is 1.92. The molecule has 0 radical (unpaired) electrons. The molecule has 1 fully saturated rings. The van der Waals surface area contributed by atoms with Gasteiger partial charge in [-0.3, -0.25) is 4.79 Å². The first kappa shape index (κ1) is 19.6. The second kappa shape index (κ2) is 7.82. The Bertz CT molecular complexity index is 910. The minimum atomic E-state index is -3.54. The molecule has 3 rings (SSSR count). The topological polar surface area (TPSA) is 80.5 Å². The number of carbonyl (C=O) groups is 1. The van der Waals surface area contributed by atoms with Gasteiger partial charge in [-0.2, -0.15) is 0 Å². The Kier molecular flexibility index (Phi) is 5.67. The van der Waals surface area contributed by atoms with Crippen molar-refractivity contribution in [2.75, 3.05) is 19.6 Å². The summed E-state index contributed by atoms with van der Waals surface area (Å²) in [5.41, 5.74) is 7.37. The Morgan fingerprint density at radius 2 is 1.70 bits per heavy atom. The zero-order valence-corrected chi connectivity index (χ0v) is 16.5. The Labute approximate surface area is 161 Å². The molecule has 2 aromatic carbocycles. The summed E-state index contributed by atoms with van der Waals surface area (Å²) in [6.45, 7) is 4.81. The minimum absolute atomic E-state index is 0.109. The van der Waals surface area contributed by atoms with Crippen molar-refractivity contribution in [3.05, 3.63) is 65.7 Å². The maximum Gasteiger partial charge on any atom is 0.255 e. The average molecular weight is 387 g/mol. The maximum atomic E-state index is 13.2. The lowest BCUT2D eigenvalue weighted by Gasteiger charge is -2.19. The monoisotopic (exact) mass is 386 g/mol. The fourth-order valence-corrected chi connectivity index (χ4v) is 4.91. The van der Waals surface area contributed by atoms with Crippen molar-refractivity contribution in [2.24, 2.45) is 11.7 Å². The third-order valence-electron chi connectivity index (χ3n) is 5.30. The highest BCUT2D eigenvalue weighted by Gasteiger charge is 2.37. The number of sulfone groups is 1.